The van der Waals surface area contributed by atoms with E-state index in [0.717, 1.165) is 5.56 Å². The van der Waals surface area contributed by atoms with Gasteiger partial charge in [-0.1, -0.05) is 18.2 Å². The van der Waals surface area contributed by atoms with Gasteiger partial charge >= 0.3 is 6.61 Å². The molecule has 0 spiro atoms. The van der Waals surface area contributed by atoms with Gasteiger partial charge in [0.2, 0.25) is 5.91 Å². The van der Waals surface area contributed by atoms with Gasteiger partial charge in [0.15, 0.2) is 11.5 Å². The second-order valence-corrected chi connectivity index (χ2v) is 6.22. The summed E-state index contributed by atoms with van der Waals surface area (Å²) in [5, 5.41) is 2.66. The topological polar surface area (TPSA) is 93.9 Å². The normalized spacial score (nSPS) is 10.8. The Kier molecular flexibility index (Phi) is 7.90. The van der Waals surface area contributed by atoms with Crippen LogP contribution >= 0.6 is 0 Å². The predicted octanol–water partition coefficient (Wildman–Crippen LogP) is 2.86. The maximum absolute atomic E-state index is 12.5. The number of benzene rings is 2. The molecule has 156 valence electrons. The standard InChI is InChI=1S/C20H23F2N3O4/c1-3-28-17-10-13(8-9-16(17)29-20(21)22)11-25(2)12-18(26)24-15-7-5-4-6-14(15)19(23)27/h4-10,20H,3,11-12H2,1-2H3,(H2,23,27)(H,24,26). The zero-order chi connectivity index (χ0) is 21.4. The number of hydrogen-bond acceptors (Lipinski definition) is 5. The van der Waals surface area contributed by atoms with Gasteiger partial charge < -0.3 is 20.5 Å². The molecular formula is C20H23F2N3O4. The molecule has 0 unspecified atom stereocenters. The molecule has 0 aliphatic heterocycles. The lowest BCUT2D eigenvalue weighted by molar-refractivity contribution is -0.117. The number of ether oxygens (including phenoxy) is 2. The third kappa shape index (κ3) is 6.72. The van der Waals surface area contributed by atoms with E-state index in [1.54, 1.807) is 49.2 Å². The summed E-state index contributed by atoms with van der Waals surface area (Å²) in [6, 6.07) is 11.1. The van der Waals surface area contributed by atoms with Crippen molar-refractivity contribution in [2.45, 2.75) is 20.1 Å². The molecule has 3 N–H and O–H groups in total. The molecule has 9 heteroatoms. The number of nitrogens with one attached hydrogen (secondary N) is 1. The third-order valence-corrected chi connectivity index (χ3v) is 3.86. The molecule has 2 amide bonds. The third-order valence-electron chi connectivity index (χ3n) is 3.86. The van der Waals surface area contributed by atoms with Crippen molar-refractivity contribution in [1.82, 2.24) is 4.90 Å². The van der Waals surface area contributed by atoms with Crippen LogP contribution in [0, 0.1) is 0 Å². The SMILES string of the molecule is CCOc1cc(CN(C)CC(=O)Nc2ccccc2C(N)=O)ccc1OC(F)F. The molecule has 0 fully saturated rings. The predicted molar refractivity (Wildman–Crippen MR) is 104 cm³/mol. The first kappa shape index (κ1) is 22.1. The number of hydrogen-bond donors (Lipinski definition) is 2. The molecule has 0 radical (unpaired) electrons. The summed E-state index contributed by atoms with van der Waals surface area (Å²) >= 11 is 0. The largest absolute Gasteiger partial charge is 0.490 e. The number of halogens is 2. The number of amides is 2. The van der Waals surface area contributed by atoms with E-state index in [-0.39, 0.29) is 29.5 Å². The highest BCUT2D eigenvalue weighted by Crippen LogP contribution is 2.30. The minimum Gasteiger partial charge on any atom is -0.490 e. The van der Waals surface area contributed by atoms with Crippen molar-refractivity contribution in [1.29, 1.82) is 0 Å². The minimum atomic E-state index is -2.95. The number of primary amides is 1. The van der Waals surface area contributed by atoms with Gasteiger partial charge in [0, 0.05) is 6.54 Å². The average molecular weight is 407 g/mol. The smallest absolute Gasteiger partial charge is 0.387 e. The van der Waals surface area contributed by atoms with E-state index in [1.807, 2.05) is 0 Å². The summed E-state index contributed by atoms with van der Waals surface area (Å²) in [6.07, 6.45) is 0. The van der Waals surface area contributed by atoms with E-state index in [2.05, 4.69) is 10.1 Å². The van der Waals surface area contributed by atoms with Crippen LogP contribution in [0.3, 0.4) is 0 Å². The zero-order valence-corrected chi connectivity index (χ0v) is 16.2. The Morgan fingerprint density at radius 1 is 1.17 bits per heavy atom. The molecule has 7 nitrogen and oxygen atoms in total. The number of nitrogens with two attached hydrogens (primary N) is 1. The number of likely N-dealkylation sites (N-methyl/N-ethyl adjacent to an activating group) is 1. The van der Waals surface area contributed by atoms with Crippen LogP contribution in [0.2, 0.25) is 0 Å². The molecular weight excluding hydrogens is 384 g/mol. The van der Waals surface area contributed by atoms with Gasteiger partial charge in [-0.25, -0.2) is 0 Å². The highest BCUT2D eigenvalue weighted by Gasteiger charge is 2.15. The summed E-state index contributed by atoms with van der Waals surface area (Å²) in [5.74, 6) is -0.805. The quantitative estimate of drug-likeness (QED) is 0.632. The van der Waals surface area contributed by atoms with Gasteiger partial charge in [-0.15, -0.1) is 0 Å². The lowest BCUT2D eigenvalue weighted by Gasteiger charge is -2.18. The Labute approximate surface area is 167 Å². The molecule has 0 aromatic heterocycles. The number of rotatable bonds is 10. The second-order valence-electron chi connectivity index (χ2n) is 6.22. The Balaban J connectivity index is 2.01. The Morgan fingerprint density at radius 2 is 1.90 bits per heavy atom. The van der Waals surface area contributed by atoms with E-state index in [9.17, 15) is 18.4 Å². The average Bonchev–Trinajstić information content (AvgIpc) is 2.63. The van der Waals surface area contributed by atoms with E-state index in [1.165, 1.54) is 12.1 Å². The van der Waals surface area contributed by atoms with Crippen molar-refractivity contribution >= 4 is 17.5 Å². The Bertz CT molecular complexity index is 861. The number of nitrogens with zero attached hydrogens (tertiary/aromatic N) is 1. The van der Waals surface area contributed by atoms with Gasteiger partial charge in [0.05, 0.1) is 24.4 Å². The molecule has 29 heavy (non-hydrogen) atoms. The van der Waals surface area contributed by atoms with Crippen molar-refractivity contribution in [2.75, 3.05) is 25.5 Å². The van der Waals surface area contributed by atoms with E-state index in [0.29, 0.717) is 18.8 Å². The summed E-state index contributed by atoms with van der Waals surface area (Å²) in [4.78, 5) is 25.5. The fourth-order valence-corrected chi connectivity index (χ4v) is 2.72. The molecule has 2 rings (SSSR count). The van der Waals surface area contributed by atoms with Gasteiger partial charge in [0.25, 0.3) is 5.91 Å². The molecule has 2 aromatic carbocycles. The minimum absolute atomic E-state index is 0.0341. The fourth-order valence-electron chi connectivity index (χ4n) is 2.72. The molecule has 2 aromatic rings. The van der Waals surface area contributed by atoms with Crippen LogP contribution in [-0.2, 0) is 11.3 Å². The molecule has 0 heterocycles. The number of carbonyl (C=O) groups is 2. The van der Waals surface area contributed by atoms with Crippen LogP contribution in [0.25, 0.3) is 0 Å². The van der Waals surface area contributed by atoms with Crippen molar-refractivity contribution < 1.29 is 27.8 Å². The monoisotopic (exact) mass is 407 g/mol. The van der Waals surface area contributed by atoms with E-state index in [4.69, 9.17) is 10.5 Å². The number of para-hydroxylation sites is 1. The number of alkyl halides is 2. The lowest BCUT2D eigenvalue weighted by atomic mass is 10.1. The zero-order valence-electron chi connectivity index (χ0n) is 16.2. The molecule has 0 saturated heterocycles. The molecule has 0 atom stereocenters. The highest BCUT2D eigenvalue weighted by atomic mass is 19.3. The van der Waals surface area contributed by atoms with Gasteiger partial charge in [-0.3, -0.25) is 14.5 Å². The van der Waals surface area contributed by atoms with E-state index >= 15 is 0 Å². The molecule has 0 saturated carbocycles. The van der Waals surface area contributed by atoms with Crippen LogP contribution in [0.4, 0.5) is 14.5 Å². The van der Waals surface area contributed by atoms with Crippen LogP contribution in [0.1, 0.15) is 22.8 Å². The van der Waals surface area contributed by atoms with Crippen molar-refractivity contribution in [2.24, 2.45) is 5.73 Å². The molecule has 0 bridgehead atoms. The van der Waals surface area contributed by atoms with Crippen LogP contribution in [0.5, 0.6) is 11.5 Å². The maximum Gasteiger partial charge on any atom is 0.387 e. The summed E-state index contributed by atoms with van der Waals surface area (Å²) < 4.78 is 34.8. The van der Waals surface area contributed by atoms with Crippen molar-refractivity contribution in [3.8, 4) is 11.5 Å². The fraction of sp³-hybridized carbons (Fsp3) is 0.300. The summed E-state index contributed by atoms with van der Waals surface area (Å²) in [6.45, 7) is -0.527. The summed E-state index contributed by atoms with van der Waals surface area (Å²) in [5.41, 5.74) is 6.62. The number of anilines is 1. The Hall–Kier alpha value is -3.20. The van der Waals surface area contributed by atoms with Crippen molar-refractivity contribution in [3.63, 3.8) is 0 Å². The Morgan fingerprint density at radius 3 is 2.55 bits per heavy atom. The maximum atomic E-state index is 12.5. The van der Waals surface area contributed by atoms with Gasteiger partial charge in [-0.05, 0) is 43.8 Å². The molecule has 0 aliphatic carbocycles. The highest BCUT2D eigenvalue weighted by molar-refractivity contribution is 6.03. The van der Waals surface area contributed by atoms with Crippen molar-refractivity contribution in [3.05, 3.63) is 53.6 Å². The van der Waals surface area contributed by atoms with Gasteiger partial charge in [0.1, 0.15) is 0 Å². The summed E-state index contributed by atoms with van der Waals surface area (Å²) in [7, 11) is 1.73. The molecule has 0 aliphatic rings. The lowest BCUT2D eigenvalue weighted by Crippen LogP contribution is -2.30. The number of carbonyl (C=O) groups excluding carboxylic acids is 2. The van der Waals surface area contributed by atoms with Crippen LogP contribution in [-0.4, -0.2) is 43.5 Å². The first-order valence-electron chi connectivity index (χ1n) is 8.88. The van der Waals surface area contributed by atoms with E-state index < -0.39 is 12.5 Å². The van der Waals surface area contributed by atoms with Crippen LogP contribution in [0.15, 0.2) is 42.5 Å². The second kappa shape index (κ2) is 10.4. The first-order chi connectivity index (χ1) is 13.8. The van der Waals surface area contributed by atoms with Gasteiger partial charge in [-0.2, -0.15) is 8.78 Å². The first-order valence-corrected chi connectivity index (χ1v) is 8.88. The van der Waals surface area contributed by atoms with Crippen LogP contribution < -0.4 is 20.5 Å².